The van der Waals surface area contributed by atoms with Crippen LogP contribution in [0.5, 0.6) is 0 Å². The van der Waals surface area contributed by atoms with Crippen LogP contribution in [0.15, 0.2) is 40.3 Å². The molecule has 0 saturated carbocycles. The molecule has 1 amide bonds. The summed E-state index contributed by atoms with van der Waals surface area (Å²) >= 11 is 2.80. The number of amides is 1. The van der Waals surface area contributed by atoms with E-state index in [9.17, 15) is 9.59 Å². The molecule has 0 unspecified atom stereocenters. The SMILES string of the molecule is Cc1nn(-c2ccccc2)c(C)c1NC(=O)CSc1nc2sc(C)c(C)c2c(=O)n1C(C)C. The summed E-state index contributed by atoms with van der Waals surface area (Å²) in [5.41, 5.74) is 4.19. The molecule has 172 valence electrons. The Hall–Kier alpha value is -2.91. The predicted molar refractivity (Wildman–Crippen MR) is 136 cm³/mol. The molecular formula is C24H27N5O2S2. The highest BCUT2D eigenvalue weighted by atomic mass is 32.2. The number of nitrogens with one attached hydrogen (secondary N) is 1. The molecule has 3 aromatic heterocycles. The van der Waals surface area contributed by atoms with Gasteiger partial charge in [0.2, 0.25) is 5.91 Å². The van der Waals surface area contributed by atoms with Gasteiger partial charge in [-0.3, -0.25) is 14.2 Å². The third-order valence-corrected chi connectivity index (χ3v) is 7.66. The number of anilines is 1. The van der Waals surface area contributed by atoms with Crippen LogP contribution in [0.3, 0.4) is 0 Å². The Kier molecular flexibility index (Phi) is 6.45. The average molecular weight is 482 g/mol. The summed E-state index contributed by atoms with van der Waals surface area (Å²) in [5, 5.41) is 8.82. The van der Waals surface area contributed by atoms with Crippen LogP contribution in [-0.2, 0) is 4.79 Å². The second-order valence-corrected chi connectivity index (χ2v) is 10.4. The van der Waals surface area contributed by atoms with Crippen LogP contribution in [0.25, 0.3) is 15.9 Å². The lowest BCUT2D eigenvalue weighted by Crippen LogP contribution is -2.25. The van der Waals surface area contributed by atoms with E-state index in [2.05, 4.69) is 10.4 Å². The zero-order chi connectivity index (χ0) is 23.9. The molecule has 9 heteroatoms. The van der Waals surface area contributed by atoms with Crippen LogP contribution >= 0.6 is 23.1 Å². The second kappa shape index (κ2) is 9.15. The van der Waals surface area contributed by atoms with Gasteiger partial charge in [-0.05, 0) is 59.2 Å². The van der Waals surface area contributed by atoms with Gasteiger partial charge in [0.15, 0.2) is 5.16 Å². The monoisotopic (exact) mass is 481 g/mol. The predicted octanol–water partition coefficient (Wildman–Crippen LogP) is 5.19. The molecule has 1 aromatic carbocycles. The number of aryl methyl sites for hydroxylation is 3. The van der Waals surface area contributed by atoms with Crippen molar-refractivity contribution in [1.29, 1.82) is 0 Å². The molecule has 0 aliphatic carbocycles. The lowest BCUT2D eigenvalue weighted by molar-refractivity contribution is -0.113. The van der Waals surface area contributed by atoms with E-state index in [0.29, 0.717) is 16.2 Å². The number of hydrogen-bond acceptors (Lipinski definition) is 6. The number of benzene rings is 1. The molecule has 0 aliphatic rings. The Balaban J connectivity index is 1.57. The van der Waals surface area contributed by atoms with Crippen LogP contribution in [0.4, 0.5) is 5.69 Å². The molecule has 3 heterocycles. The van der Waals surface area contributed by atoms with Crippen molar-refractivity contribution in [1.82, 2.24) is 19.3 Å². The van der Waals surface area contributed by atoms with Gasteiger partial charge in [0.1, 0.15) is 4.83 Å². The van der Waals surface area contributed by atoms with Crippen LogP contribution < -0.4 is 10.9 Å². The number of carbonyl (C=O) groups is 1. The Morgan fingerprint density at radius 2 is 1.85 bits per heavy atom. The van der Waals surface area contributed by atoms with Crippen LogP contribution in [-0.4, -0.2) is 31.0 Å². The number of rotatable bonds is 6. The van der Waals surface area contributed by atoms with Gasteiger partial charge in [0.05, 0.1) is 33.9 Å². The molecule has 0 atom stereocenters. The highest BCUT2D eigenvalue weighted by Gasteiger charge is 2.20. The van der Waals surface area contributed by atoms with Gasteiger partial charge >= 0.3 is 0 Å². The molecular weight excluding hydrogens is 454 g/mol. The summed E-state index contributed by atoms with van der Waals surface area (Å²) < 4.78 is 3.51. The molecule has 0 aliphatic heterocycles. The molecule has 7 nitrogen and oxygen atoms in total. The summed E-state index contributed by atoms with van der Waals surface area (Å²) in [6.45, 7) is 11.7. The number of nitrogens with zero attached hydrogens (tertiary/aromatic N) is 4. The first-order valence-electron chi connectivity index (χ1n) is 10.8. The van der Waals surface area contributed by atoms with Crippen LogP contribution in [0, 0.1) is 27.7 Å². The fraction of sp³-hybridized carbons (Fsp3) is 0.333. The van der Waals surface area contributed by atoms with Gasteiger partial charge in [-0.1, -0.05) is 30.0 Å². The normalized spacial score (nSPS) is 11.5. The van der Waals surface area contributed by atoms with Gasteiger partial charge in [0.25, 0.3) is 5.56 Å². The standard InChI is InChI=1S/C24H27N5O2S2/c1-13(2)28-23(31)20-14(3)17(6)33-22(20)26-24(28)32-12-19(30)25-21-15(4)27-29(16(21)5)18-10-8-7-9-11-18/h7-11,13H,12H2,1-6H3,(H,25,30). The maximum Gasteiger partial charge on any atom is 0.263 e. The molecule has 0 spiro atoms. The van der Waals surface area contributed by atoms with E-state index >= 15 is 0 Å². The first kappa shape index (κ1) is 23.3. The number of hydrogen-bond donors (Lipinski definition) is 1. The third kappa shape index (κ3) is 4.35. The fourth-order valence-electron chi connectivity index (χ4n) is 3.79. The van der Waals surface area contributed by atoms with E-state index < -0.39 is 0 Å². The average Bonchev–Trinajstić information content (AvgIpc) is 3.22. The van der Waals surface area contributed by atoms with E-state index in [1.54, 1.807) is 4.57 Å². The van der Waals surface area contributed by atoms with Crippen LogP contribution in [0.1, 0.15) is 41.7 Å². The molecule has 0 radical (unpaired) electrons. The lowest BCUT2D eigenvalue weighted by atomic mass is 10.2. The molecule has 4 rings (SSSR count). The number of fused-ring (bicyclic) bond motifs is 1. The van der Waals surface area contributed by atoms with Crippen molar-refractivity contribution < 1.29 is 4.79 Å². The van der Waals surface area contributed by atoms with Gasteiger partial charge in [-0.2, -0.15) is 5.10 Å². The largest absolute Gasteiger partial charge is 0.322 e. The summed E-state index contributed by atoms with van der Waals surface area (Å²) in [5.74, 6) is -0.0225. The number of thiophene rings is 1. The van der Waals surface area contributed by atoms with E-state index in [1.165, 1.54) is 23.1 Å². The van der Waals surface area contributed by atoms with Crippen molar-refractivity contribution in [3.63, 3.8) is 0 Å². The Bertz CT molecular complexity index is 1400. The zero-order valence-corrected chi connectivity index (χ0v) is 21.2. The summed E-state index contributed by atoms with van der Waals surface area (Å²) in [6.07, 6.45) is 0. The van der Waals surface area contributed by atoms with Gasteiger partial charge < -0.3 is 5.32 Å². The number of thioether (sulfide) groups is 1. The topological polar surface area (TPSA) is 81.8 Å². The van der Waals surface area contributed by atoms with Crippen molar-refractivity contribution in [3.8, 4) is 5.69 Å². The molecule has 0 fully saturated rings. The number of aromatic nitrogens is 4. The second-order valence-electron chi connectivity index (χ2n) is 8.26. The van der Waals surface area contributed by atoms with E-state index in [0.717, 1.165) is 32.3 Å². The minimum absolute atomic E-state index is 0.0458. The van der Waals surface area contributed by atoms with Crippen molar-refractivity contribution in [2.24, 2.45) is 0 Å². The summed E-state index contributed by atoms with van der Waals surface area (Å²) in [6, 6.07) is 9.75. The highest BCUT2D eigenvalue weighted by molar-refractivity contribution is 7.99. The molecule has 33 heavy (non-hydrogen) atoms. The number of para-hydroxylation sites is 1. The molecule has 4 aromatic rings. The zero-order valence-electron chi connectivity index (χ0n) is 19.6. The maximum absolute atomic E-state index is 13.2. The highest BCUT2D eigenvalue weighted by Crippen LogP contribution is 2.30. The van der Waals surface area contributed by atoms with E-state index in [-0.39, 0.29) is 23.3 Å². The fourth-order valence-corrected chi connectivity index (χ4v) is 5.79. The lowest BCUT2D eigenvalue weighted by Gasteiger charge is -2.15. The minimum Gasteiger partial charge on any atom is -0.322 e. The van der Waals surface area contributed by atoms with Crippen molar-refractivity contribution in [2.75, 3.05) is 11.1 Å². The van der Waals surface area contributed by atoms with E-state index in [4.69, 9.17) is 4.98 Å². The Labute approximate surface area is 200 Å². The van der Waals surface area contributed by atoms with Crippen LogP contribution in [0.2, 0.25) is 0 Å². The van der Waals surface area contributed by atoms with E-state index in [1.807, 2.05) is 76.6 Å². The first-order valence-corrected chi connectivity index (χ1v) is 12.6. The Morgan fingerprint density at radius 1 is 1.15 bits per heavy atom. The minimum atomic E-state index is -0.165. The quantitative estimate of drug-likeness (QED) is 0.303. The summed E-state index contributed by atoms with van der Waals surface area (Å²) in [4.78, 5) is 32.6. The summed E-state index contributed by atoms with van der Waals surface area (Å²) in [7, 11) is 0. The third-order valence-electron chi connectivity index (χ3n) is 5.61. The maximum atomic E-state index is 13.2. The molecule has 1 N–H and O–H groups in total. The first-order chi connectivity index (χ1) is 15.7. The van der Waals surface area contributed by atoms with Gasteiger partial charge in [-0.15, -0.1) is 11.3 Å². The molecule has 0 saturated heterocycles. The van der Waals surface area contributed by atoms with Gasteiger partial charge in [-0.25, -0.2) is 9.67 Å². The van der Waals surface area contributed by atoms with Crippen molar-refractivity contribution in [3.05, 3.63) is 62.5 Å². The van der Waals surface area contributed by atoms with Crippen molar-refractivity contribution >= 4 is 44.9 Å². The smallest absolute Gasteiger partial charge is 0.263 e. The van der Waals surface area contributed by atoms with Crippen molar-refractivity contribution in [2.45, 2.75) is 52.7 Å². The van der Waals surface area contributed by atoms with Gasteiger partial charge in [0, 0.05) is 10.9 Å². The Morgan fingerprint density at radius 3 is 2.52 bits per heavy atom. The molecule has 0 bridgehead atoms. The number of carbonyl (C=O) groups excluding carboxylic acids is 1.